The van der Waals surface area contributed by atoms with Crippen molar-refractivity contribution in [2.45, 2.75) is 6.54 Å². The minimum absolute atomic E-state index is 0.211. The molecule has 2 N–H and O–H groups in total. The summed E-state index contributed by atoms with van der Waals surface area (Å²) in [6.45, 7) is 0.211. The topological polar surface area (TPSA) is 64.9 Å². The Labute approximate surface area is 102 Å². The standard InChI is InChI=1S/C13H10FN3O/c14-11-6-5-10(8-3-1-2-4-9(8)11)13-16-12(7-15)17-18-13/h1-6H,7,15H2. The molecule has 3 rings (SSSR count). The van der Waals surface area contributed by atoms with Crippen molar-refractivity contribution in [2.24, 2.45) is 5.73 Å². The smallest absolute Gasteiger partial charge is 0.258 e. The van der Waals surface area contributed by atoms with Gasteiger partial charge in [0.1, 0.15) is 5.82 Å². The van der Waals surface area contributed by atoms with E-state index in [0.29, 0.717) is 22.7 Å². The van der Waals surface area contributed by atoms with Gasteiger partial charge in [-0.2, -0.15) is 4.98 Å². The number of nitrogens with zero attached hydrogens (tertiary/aromatic N) is 2. The van der Waals surface area contributed by atoms with Crippen LogP contribution in [0, 0.1) is 5.82 Å². The summed E-state index contributed by atoms with van der Waals surface area (Å²) in [5.41, 5.74) is 6.14. The van der Waals surface area contributed by atoms with Gasteiger partial charge in [-0.15, -0.1) is 0 Å². The maximum Gasteiger partial charge on any atom is 0.258 e. The molecule has 4 nitrogen and oxygen atoms in total. The van der Waals surface area contributed by atoms with Crippen LogP contribution in [0.25, 0.3) is 22.2 Å². The molecule has 1 heterocycles. The molecule has 0 fully saturated rings. The third-order valence-electron chi connectivity index (χ3n) is 2.75. The Morgan fingerprint density at radius 2 is 1.89 bits per heavy atom. The summed E-state index contributed by atoms with van der Waals surface area (Å²) in [5, 5.41) is 5.01. The van der Waals surface area contributed by atoms with Crippen LogP contribution >= 0.6 is 0 Å². The second kappa shape index (κ2) is 4.19. The third kappa shape index (κ3) is 1.65. The molecule has 0 atom stereocenters. The van der Waals surface area contributed by atoms with E-state index in [1.165, 1.54) is 6.07 Å². The van der Waals surface area contributed by atoms with E-state index in [9.17, 15) is 4.39 Å². The van der Waals surface area contributed by atoms with E-state index in [1.54, 1.807) is 18.2 Å². The lowest BCUT2D eigenvalue weighted by atomic mass is 10.0. The Hall–Kier alpha value is -2.27. The predicted octanol–water partition coefficient (Wildman–Crippen LogP) is 2.49. The molecule has 0 spiro atoms. The van der Waals surface area contributed by atoms with Crippen molar-refractivity contribution in [3.8, 4) is 11.5 Å². The fraction of sp³-hybridized carbons (Fsp3) is 0.0769. The predicted molar refractivity (Wildman–Crippen MR) is 65.1 cm³/mol. The van der Waals surface area contributed by atoms with E-state index >= 15 is 0 Å². The molecular weight excluding hydrogens is 233 g/mol. The van der Waals surface area contributed by atoms with Gasteiger partial charge < -0.3 is 10.3 Å². The molecule has 0 aliphatic rings. The van der Waals surface area contributed by atoms with Crippen molar-refractivity contribution in [3.63, 3.8) is 0 Å². The summed E-state index contributed by atoms with van der Waals surface area (Å²) >= 11 is 0. The SMILES string of the molecule is NCc1noc(-c2ccc(F)c3ccccc23)n1. The lowest BCUT2D eigenvalue weighted by molar-refractivity contribution is 0.423. The van der Waals surface area contributed by atoms with Gasteiger partial charge in [0.15, 0.2) is 5.82 Å². The van der Waals surface area contributed by atoms with Crippen LogP contribution in [0.1, 0.15) is 5.82 Å². The van der Waals surface area contributed by atoms with Gasteiger partial charge in [-0.25, -0.2) is 4.39 Å². The molecule has 0 saturated heterocycles. The first-order valence-electron chi connectivity index (χ1n) is 5.50. The van der Waals surface area contributed by atoms with Gasteiger partial charge >= 0.3 is 0 Å². The Balaban J connectivity index is 2.26. The second-order valence-corrected chi connectivity index (χ2v) is 3.86. The molecule has 1 aromatic heterocycles. The van der Waals surface area contributed by atoms with Gasteiger partial charge in [0.05, 0.1) is 6.54 Å². The molecule has 5 heteroatoms. The Morgan fingerprint density at radius 1 is 1.11 bits per heavy atom. The molecule has 0 aliphatic heterocycles. The molecule has 0 radical (unpaired) electrons. The number of fused-ring (bicyclic) bond motifs is 1. The Morgan fingerprint density at radius 3 is 2.61 bits per heavy atom. The number of hydrogen-bond donors (Lipinski definition) is 1. The third-order valence-corrected chi connectivity index (χ3v) is 2.75. The van der Waals surface area contributed by atoms with Gasteiger partial charge in [-0.3, -0.25) is 0 Å². The monoisotopic (exact) mass is 243 g/mol. The van der Waals surface area contributed by atoms with Crippen LogP contribution in [-0.2, 0) is 6.54 Å². The lowest BCUT2D eigenvalue weighted by Crippen LogP contribution is -1.97. The van der Waals surface area contributed by atoms with Crippen molar-refractivity contribution in [1.29, 1.82) is 0 Å². The quantitative estimate of drug-likeness (QED) is 0.751. The average molecular weight is 243 g/mol. The Bertz CT molecular complexity index is 708. The maximum absolute atomic E-state index is 13.7. The van der Waals surface area contributed by atoms with Crippen LogP contribution in [0.5, 0.6) is 0 Å². The summed E-state index contributed by atoms with van der Waals surface area (Å²) in [6.07, 6.45) is 0. The first-order chi connectivity index (χ1) is 8.79. The van der Waals surface area contributed by atoms with Crippen LogP contribution in [0.3, 0.4) is 0 Å². The van der Waals surface area contributed by atoms with Gasteiger partial charge in [0.2, 0.25) is 0 Å². The average Bonchev–Trinajstić information content (AvgIpc) is 2.88. The summed E-state index contributed by atoms with van der Waals surface area (Å²) in [4.78, 5) is 4.15. The number of aromatic nitrogens is 2. The fourth-order valence-corrected chi connectivity index (χ4v) is 1.90. The summed E-state index contributed by atoms with van der Waals surface area (Å²) < 4.78 is 18.8. The van der Waals surface area contributed by atoms with Gasteiger partial charge in [-0.1, -0.05) is 29.4 Å². The first-order valence-corrected chi connectivity index (χ1v) is 5.50. The van der Waals surface area contributed by atoms with Crippen LogP contribution in [0.15, 0.2) is 40.9 Å². The van der Waals surface area contributed by atoms with E-state index in [1.807, 2.05) is 12.1 Å². The van der Waals surface area contributed by atoms with E-state index in [0.717, 1.165) is 5.39 Å². The van der Waals surface area contributed by atoms with Crippen molar-refractivity contribution in [1.82, 2.24) is 10.1 Å². The molecule has 0 unspecified atom stereocenters. The number of benzene rings is 2. The lowest BCUT2D eigenvalue weighted by Gasteiger charge is -2.03. The van der Waals surface area contributed by atoms with Gasteiger partial charge in [-0.05, 0) is 17.5 Å². The largest absolute Gasteiger partial charge is 0.334 e. The zero-order chi connectivity index (χ0) is 12.5. The highest BCUT2D eigenvalue weighted by Gasteiger charge is 2.12. The minimum atomic E-state index is -0.270. The summed E-state index contributed by atoms with van der Waals surface area (Å²) in [7, 11) is 0. The number of nitrogens with two attached hydrogens (primary N) is 1. The Kier molecular flexibility index (Phi) is 2.53. The molecule has 90 valence electrons. The molecule has 0 amide bonds. The van der Waals surface area contributed by atoms with Crippen molar-refractivity contribution in [3.05, 3.63) is 48.0 Å². The molecule has 0 saturated carbocycles. The van der Waals surface area contributed by atoms with Crippen LogP contribution in [-0.4, -0.2) is 10.1 Å². The number of halogens is 1. The summed E-state index contributed by atoms with van der Waals surface area (Å²) in [6, 6.07) is 10.2. The van der Waals surface area contributed by atoms with E-state index in [4.69, 9.17) is 10.3 Å². The number of rotatable bonds is 2. The normalized spacial score (nSPS) is 11.0. The molecular formula is C13H10FN3O. The fourth-order valence-electron chi connectivity index (χ4n) is 1.90. The van der Waals surface area contributed by atoms with Crippen molar-refractivity contribution < 1.29 is 8.91 Å². The van der Waals surface area contributed by atoms with Crippen molar-refractivity contribution in [2.75, 3.05) is 0 Å². The van der Waals surface area contributed by atoms with Crippen LogP contribution < -0.4 is 5.73 Å². The highest BCUT2D eigenvalue weighted by molar-refractivity contribution is 5.95. The highest BCUT2D eigenvalue weighted by Crippen LogP contribution is 2.29. The van der Waals surface area contributed by atoms with Gasteiger partial charge in [0.25, 0.3) is 5.89 Å². The minimum Gasteiger partial charge on any atom is -0.334 e. The zero-order valence-corrected chi connectivity index (χ0v) is 9.43. The molecule has 3 aromatic rings. The molecule has 18 heavy (non-hydrogen) atoms. The highest BCUT2D eigenvalue weighted by atomic mass is 19.1. The summed E-state index contributed by atoms with van der Waals surface area (Å²) in [5.74, 6) is 0.512. The van der Waals surface area contributed by atoms with E-state index in [2.05, 4.69) is 10.1 Å². The van der Waals surface area contributed by atoms with Crippen molar-refractivity contribution >= 4 is 10.8 Å². The number of hydrogen-bond acceptors (Lipinski definition) is 4. The maximum atomic E-state index is 13.7. The molecule has 0 bridgehead atoms. The zero-order valence-electron chi connectivity index (χ0n) is 9.43. The van der Waals surface area contributed by atoms with Crippen LogP contribution in [0.4, 0.5) is 4.39 Å². The van der Waals surface area contributed by atoms with E-state index < -0.39 is 0 Å². The van der Waals surface area contributed by atoms with E-state index in [-0.39, 0.29) is 12.4 Å². The van der Waals surface area contributed by atoms with Crippen LogP contribution in [0.2, 0.25) is 0 Å². The molecule has 0 aliphatic carbocycles. The molecule has 2 aromatic carbocycles. The second-order valence-electron chi connectivity index (χ2n) is 3.86. The van der Waals surface area contributed by atoms with Gasteiger partial charge in [0, 0.05) is 10.9 Å². The first kappa shape index (κ1) is 10.9.